The Bertz CT molecular complexity index is 1020. The second-order valence-electron chi connectivity index (χ2n) is 5.28. The third-order valence-electron chi connectivity index (χ3n) is 3.71. The first kappa shape index (κ1) is 14.5. The maximum atomic E-state index is 12.4. The number of fused-ring (bicyclic) bond motifs is 1. The normalized spacial score (nSPS) is 10.9. The number of H-pyrrole nitrogens is 1. The summed E-state index contributed by atoms with van der Waals surface area (Å²) >= 11 is 5.87. The van der Waals surface area contributed by atoms with Crippen molar-refractivity contribution in [2.75, 3.05) is 5.32 Å². The number of nitrogens with zero attached hydrogens (tertiary/aromatic N) is 1. The quantitative estimate of drug-likeness (QED) is 0.567. The second-order valence-corrected chi connectivity index (χ2v) is 5.72. The lowest BCUT2D eigenvalue weighted by molar-refractivity contribution is 0.101. The first-order chi connectivity index (χ1) is 11.7. The molecular formula is C18H12ClN3O2. The molecule has 0 atom stereocenters. The molecule has 0 aliphatic heterocycles. The summed E-state index contributed by atoms with van der Waals surface area (Å²) in [6.45, 7) is 0. The van der Waals surface area contributed by atoms with Gasteiger partial charge >= 0.3 is 0 Å². The topological polar surface area (TPSA) is 70.9 Å². The first-order valence-corrected chi connectivity index (χ1v) is 7.68. The number of rotatable bonds is 3. The van der Waals surface area contributed by atoms with Gasteiger partial charge in [-0.1, -0.05) is 22.8 Å². The van der Waals surface area contributed by atoms with E-state index in [2.05, 4.69) is 15.5 Å². The Balaban J connectivity index is 1.59. The molecule has 4 aromatic rings. The van der Waals surface area contributed by atoms with Gasteiger partial charge in [0.2, 0.25) is 0 Å². The van der Waals surface area contributed by atoms with Crippen LogP contribution in [0.2, 0.25) is 5.02 Å². The Kier molecular flexibility index (Phi) is 3.55. The number of nitrogens with one attached hydrogen (secondary N) is 2. The molecule has 0 unspecified atom stereocenters. The van der Waals surface area contributed by atoms with Crippen LogP contribution in [-0.2, 0) is 0 Å². The Morgan fingerprint density at radius 2 is 1.96 bits per heavy atom. The Labute approximate surface area is 142 Å². The smallest absolute Gasteiger partial charge is 0.277 e. The molecule has 0 bridgehead atoms. The molecule has 0 aliphatic rings. The number of halogens is 1. The van der Waals surface area contributed by atoms with Gasteiger partial charge in [-0.15, -0.1) is 0 Å². The maximum Gasteiger partial charge on any atom is 0.277 e. The zero-order valence-corrected chi connectivity index (χ0v) is 13.2. The van der Waals surface area contributed by atoms with Crippen LogP contribution in [0.3, 0.4) is 0 Å². The van der Waals surface area contributed by atoms with Crippen molar-refractivity contribution in [1.82, 2.24) is 10.1 Å². The summed E-state index contributed by atoms with van der Waals surface area (Å²) in [5.74, 6) is 0.185. The van der Waals surface area contributed by atoms with Gasteiger partial charge < -0.3 is 14.8 Å². The van der Waals surface area contributed by atoms with Gasteiger partial charge in [-0.2, -0.15) is 0 Å². The third-order valence-corrected chi connectivity index (χ3v) is 3.97. The molecule has 1 amide bonds. The molecule has 6 heteroatoms. The predicted molar refractivity (Wildman–Crippen MR) is 93.2 cm³/mol. The van der Waals surface area contributed by atoms with E-state index in [1.165, 1.54) is 0 Å². The minimum absolute atomic E-state index is 0.215. The highest BCUT2D eigenvalue weighted by molar-refractivity contribution is 6.30. The molecule has 0 fully saturated rings. The van der Waals surface area contributed by atoms with E-state index in [-0.39, 0.29) is 11.6 Å². The largest absolute Gasteiger partial charge is 0.361 e. The van der Waals surface area contributed by atoms with Gasteiger partial charge in [-0.3, -0.25) is 4.79 Å². The van der Waals surface area contributed by atoms with Crippen molar-refractivity contribution in [3.8, 4) is 11.3 Å². The lowest BCUT2D eigenvalue weighted by Crippen LogP contribution is -2.12. The molecule has 2 aromatic carbocycles. The summed E-state index contributed by atoms with van der Waals surface area (Å²) in [6, 6.07) is 16.3. The summed E-state index contributed by atoms with van der Waals surface area (Å²) in [7, 11) is 0. The highest BCUT2D eigenvalue weighted by Crippen LogP contribution is 2.25. The number of carbonyl (C=O) groups excluding carboxylic acids is 1. The number of aromatic amines is 1. The summed E-state index contributed by atoms with van der Waals surface area (Å²) < 4.78 is 5.26. The van der Waals surface area contributed by atoms with Crippen LogP contribution < -0.4 is 5.32 Å². The molecule has 2 aromatic heterocycles. The van der Waals surface area contributed by atoms with E-state index in [1.54, 1.807) is 18.2 Å². The van der Waals surface area contributed by atoms with E-state index < -0.39 is 0 Å². The molecule has 2 N–H and O–H groups in total. The number of aromatic nitrogens is 2. The van der Waals surface area contributed by atoms with Crippen LogP contribution in [0, 0.1) is 0 Å². The van der Waals surface area contributed by atoms with Crippen molar-refractivity contribution in [2.24, 2.45) is 0 Å². The number of hydrogen-bond donors (Lipinski definition) is 2. The molecule has 5 nitrogen and oxygen atoms in total. The van der Waals surface area contributed by atoms with Crippen molar-refractivity contribution in [3.05, 3.63) is 71.5 Å². The van der Waals surface area contributed by atoms with Gasteiger partial charge in [0.1, 0.15) is 0 Å². The highest BCUT2D eigenvalue weighted by Gasteiger charge is 2.15. The molecule has 0 saturated carbocycles. The monoisotopic (exact) mass is 337 g/mol. The van der Waals surface area contributed by atoms with Gasteiger partial charge in [0.15, 0.2) is 11.5 Å². The average Bonchev–Trinajstić information content (AvgIpc) is 3.25. The highest BCUT2D eigenvalue weighted by atomic mass is 35.5. The first-order valence-electron chi connectivity index (χ1n) is 7.31. The van der Waals surface area contributed by atoms with E-state index in [0.717, 1.165) is 22.2 Å². The van der Waals surface area contributed by atoms with Crippen LogP contribution in [0.15, 0.2) is 65.3 Å². The summed E-state index contributed by atoms with van der Waals surface area (Å²) in [5, 5.41) is 8.28. The number of anilines is 1. The van der Waals surface area contributed by atoms with Crippen LogP contribution in [0.1, 0.15) is 10.5 Å². The second kappa shape index (κ2) is 5.86. The van der Waals surface area contributed by atoms with Gasteiger partial charge in [-0.05, 0) is 42.5 Å². The molecule has 118 valence electrons. The van der Waals surface area contributed by atoms with E-state index in [4.69, 9.17) is 16.1 Å². The van der Waals surface area contributed by atoms with Crippen LogP contribution in [0.5, 0.6) is 0 Å². The van der Waals surface area contributed by atoms with E-state index >= 15 is 0 Å². The molecular weight excluding hydrogens is 326 g/mol. The average molecular weight is 338 g/mol. The fourth-order valence-corrected chi connectivity index (χ4v) is 2.64. The van der Waals surface area contributed by atoms with Crippen LogP contribution in [0.25, 0.3) is 22.2 Å². The van der Waals surface area contributed by atoms with Crippen LogP contribution in [-0.4, -0.2) is 16.0 Å². The predicted octanol–water partition coefficient (Wildman–Crippen LogP) is 4.73. The fraction of sp³-hybridized carbons (Fsp3) is 0. The Morgan fingerprint density at radius 3 is 2.79 bits per heavy atom. The molecule has 2 heterocycles. The minimum atomic E-state index is -0.326. The van der Waals surface area contributed by atoms with Gasteiger partial charge in [-0.25, -0.2) is 0 Å². The Hall–Kier alpha value is -3.05. The van der Waals surface area contributed by atoms with Gasteiger partial charge in [0.05, 0.1) is 5.69 Å². The van der Waals surface area contributed by atoms with Crippen molar-refractivity contribution < 1.29 is 9.32 Å². The summed E-state index contributed by atoms with van der Waals surface area (Å²) in [4.78, 5) is 15.5. The lowest BCUT2D eigenvalue weighted by Gasteiger charge is -2.04. The maximum absolute atomic E-state index is 12.4. The van der Waals surface area contributed by atoms with Crippen LogP contribution >= 0.6 is 11.6 Å². The zero-order valence-electron chi connectivity index (χ0n) is 12.4. The van der Waals surface area contributed by atoms with Crippen molar-refractivity contribution in [3.63, 3.8) is 0 Å². The summed E-state index contributed by atoms with van der Waals surface area (Å²) in [5.41, 5.74) is 2.69. The van der Waals surface area contributed by atoms with Crippen molar-refractivity contribution in [2.45, 2.75) is 0 Å². The van der Waals surface area contributed by atoms with Gasteiger partial charge in [0.25, 0.3) is 5.91 Å². The van der Waals surface area contributed by atoms with Crippen LogP contribution in [0.4, 0.5) is 5.69 Å². The zero-order chi connectivity index (χ0) is 16.5. The number of carbonyl (C=O) groups is 1. The van der Waals surface area contributed by atoms with Gasteiger partial charge in [0, 0.05) is 33.8 Å². The summed E-state index contributed by atoms with van der Waals surface area (Å²) in [6.07, 6.45) is 1.83. The minimum Gasteiger partial charge on any atom is -0.361 e. The van der Waals surface area contributed by atoms with E-state index in [0.29, 0.717) is 10.8 Å². The number of benzene rings is 2. The molecule has 24 heavy (non-hydrogen) atoms. The van der Waals surface area contributed by atoms with Crippen molar-refractivity contribution in [1.29, 1.82) is 0 Å². The lowest BCUT2D eigenvalue weighted by atomic mass is 10.1. The third kappa shape index (κ3) is 2.66. The molecule has 0 saturated heterocycles. The fourth-order valence-electron chi connectivity index (χ4n) is 2.51. The van der Waals surface area contributed by atoms with E-state index in [9.17, 15) is 4.79 Å². The molecule has 0 aliphatic carbocycles. The van der Waals surface area contributed by atoms with Crippen molar-refractivity contribution >= 4 is 34.1 Å². The molecule has 0 spiro atoms. The number of amides is 1. The molecule has 0 radical (unpaired) electrons. The number of hydrogen-bond acceptors (Lipinski definition) is 3. The SMILES string of the molecule is O=C(Nc1cccc2[nH]ccc12)c1cc(-c2ccc(Cl)cc2)on1. The Morgan fingerprint density at radius 1 is 1.12 bits per heavy atom. The standard InChI is InChI=1S/C18H12ClN3O2/c19-12-6-4-11(5-7-12)17-10-16(22-24-17)18(23)21-15-3-1-2-14-13(15)8-9-20-14/h1-10,20H,(H,21,23). The van der Waals surface area contributed by atoms with E-state index in [1.807, 2.05) is 42.6 Å². The molecule has 4 rings (SSSR count).